The van der Waals surface area contributed by atoms with Gasteiger partial charge < -0.3 is 14.6 Å². The topological polar surface area (TPSA) is 28.4 Å². The first-order valence-electron chi connectivity index (χ1n) is 6.57. The second kappa shape index (κ2) is 6.03. The molecule has 3 heteroatoms. The Morgan fingerprint density at radius 3 is 2.89 bits per heavy atom. The summed E-state index contributed by atoms with van der Waals surface area (Å²) in [6.45, 7) is 7.40. The SMILES string of the molecule is CCN(C)CC(C)NCc1coc2ccccc12. The van der Waals surface area contributed by atoms with Gasteiger partial charge in [0.05, 0.1) is 6.26 Å². The number of para-hydroxylation sites is 1. The molecule has 0 bridgehead atoms. The monoisotopic (exact) mass is 246 g/mol. The fraction of sp³-hybridized carbons (Fsp3) is 0.467. The number of nitrogens with zero attached hydrogens (tertiary/aromatic N) is 1. The molecule has 1 N–H and O–H groups in total. The fourth-order valence-corrected chi connectivity index (χ4v) is 2.12. The van der Waals surface area contributed by atoms with E-state index in [2.05, 4.69) is 43.2 Å². The van der Waals surface area contributed by atoms with Gasteiger partial charge in [0.25, 0.3) is 0 Å². The van der Waals surface area contributed by atoms with Crippen LogP contribution in [0.1, 0.15) is 19.4 Å². The van der Waals surface area contributed by atoms with E-state index in [4.69, 9.17) is 4.42 Å². The molecule has 0 saturated carbocycles. The molecule has 18 heavy (non-hydrogen) atoms. The number of rotatable bonds is 6. The van der Waals surface area contributed by atoms with Gasteiger partial charge in [-0.05, 0) is 26.6 Å². The minimum Gasteiger partial charge on any atom is -0.464 e. The van der Waals surface area contributed by atoms with Gasteiger partial charge in [-0.1, -0.05) is 25.1 Å². The van der Waals surface area contributed by atoms with Crippen LogP contribution in [-0.4, -0.2) is 31.1 Å². The normalized spacial score (nSPS) is 13.3. The smallest absolute Gasteiger partial charge is 0.134 e. The van der Waals surface area contributed by atoms with Gasteiger partial charge >= 0.3 is 0 Å². The van der Waals surface area contributed by atoms with Crippen molar-refractivity contribution in [2.75, 3.05) is 20.1 Å². The molecular formula is C15H22N2O. The highest BCUT2D eigenvalue weighted by atomic mass is 16.3. The van der Waals surface area contributed by atoms with Crippen LogP contribution >= 0.6 is 0 Å². The third kappa shape index (κ3) is 3.12. The van der Waals surface area contributed by atoms with Crippen molar-refractivity contribution in [3.8, 4) is 0 Å². The lowest BCUT2D eigenvalue weighted by Gasteiger charge is -2.20. The van der Waals surface area contributed by atoms with Crippen molar-refractivity contribution in [1.82, 2.24) is 10.2 Å². The molecule has 3 nitrogen and oxygen atoms in total. The molecule has 98 valence electrons. The first kappa shape index (κ1) is 13.1. The van der Waals surface area contributed by atoms with Crippen molar-refractivity contribution in [2.24, 2.45) is 0 Å². The largest absolute Gasteiger partial charge is 0.464 e. The van der Waals surface area contributed by atoms with Gasteiger partial charge in [0.15, 0.2) is 0 Å². The Hall–Kier alpha value is -1.32. The summed E-state index contributed by atoms with van der Waals surface area (Å²) in [7, 11) is 2.14. The molecule has 0 spiro atoms. The molecule has 2 aromatic rings. The molecule has 1 unspecified atom stereocenters. The summed E-state index contributed by atoms with van der Waals surface area (Å²) >= 11 is 0. The third-order valence-electron chi connectivity index (χ3n) is 3.33. The quantitative estimate of drug-likeness (QED) is 0.849. The maximum atomic E-state index is 5.53. The molecule has 0 amide bonds. The molecular weight excluding hydrogens is 224 g/mol. The lowest BCUT2D eigenvalue weighted by Crippen LogP contribution is -2.36. The van der Waals surface area contributed by atoms with Gasteiger partial charge in [0.1, 0.15) is 5.58 Å². The van der Waals surface area contributed by atoms with E-state index in [9.17, 15) is 0 Å². The Kier molecular flexibility index (Phi) is 4.39. The zero-order valence-electron chi connectivity index (χ0n) is 11.4. The molecule has 0 aliphatic rings. The zero-order chi connectivity index (χ0) is 13.0. The predicted molar refractivity (Wildman–Crippen MR) is 75.7 cm³/mol. The van der Waals surface area contributed by atoms with Gasteiger partial charge in [0.2, 0.25) is 0 Å². The van der Waals surface area contributed by atoms with E-state index in [-0.39, 0.29) is 0 Å². The van der Waals surface area contributed by atoms with Crippen molar-refractivity contribution in [3.63, 3.8) is 0 Å². The van der Waals surface area contributed by atoms with Crippen molar-refractivity contribution < 1.29 is 4.42 Å². The van der Waals surface area contributed by atoms with Crippen LogP contribution < -0.4 is 5.32 Å². The van der Waals surface area contributed by atoms with Gasteiger partial charge in [0, 0.05) is 30.1 Å². The second-order valence-electron chi connectivity index (χ2n) is 4.89. The number of hydrogen-bond acceptors (Lipinski definition) is 3. The number of likely N-dealkylation sites (N-methyl/N-ethyl adjacent to an activating group) is 1. The predicted octanol–water partition coefficient (Wildman–Crippen LogP) is 2.86. The summed E-state index contributed by atoms with van der Waals surface area (Å²) in [5.41, 5.74) is 2.20. The van der Waals surface area contributed by atoms with Gasteiger partial charge in [-0.3, -0.25) is 0 Å². The number of furan rings is 1. The minimum absolute atomic E-state index is 0.476. The molecule has 1 atom stereocenters. The highest BCUT2D eigenvalue weighted by Gasteiger charge is 2.08. The van der Waals surface area contributed by atoms with Gasteiger partial charge in [-0.15, -0.1) is 0 Å². The lowest BCUT2D eigenvalue weighted by atomic mass is 10.1. The minimum atomic E-state index is 0.476. The van der Waals surface area contributed by atoms with E-state index < -0.39 is 0 Å². The standard InChI is InChI=1S/C15H22N2O/c1-4-17(3)10-12(2)16-9-13-11-18-15-8-6-5-7-14(13)15/h5-8,11-12,16H,4,9-10H2,1-3H3. The molecule has 1 heterocycles. The maximum Gasteiger partial charge on any atom is 0.134 e. The zero-order valence-corrected chi connectivity index (χ0v) is 11.4. The molecule has 2 rings (SSSR count). The number of benzene rings is 1. The number of nitrogens with one attached hydrogen (secondary N) is 1. The van der Waals surface area contributed by atoms with Crippen molar-refractivity contribution in [3.05, 3.63) is 36.1 Å². The summed E-state index contributed by atoms with van der Waals surface area (Å²) in [5, 5.41) is 4.75. The third-order valence-corrected chi connectivity index (χ3v) is 3.33. The Morgan fingerprint density at radius 2 is 2.11 bits per heavy atom. The number of hydrogen-bond donors (Lipinski definition) is 1. The Labute approximate surface area is 109 Å². The molecule has 0 fully saturated rings. The summed E-state index contributed by atoms with van der Waals surface area (Å²) in [4.78, 5) is 2.31. The van der Waals surface area contributed by atoms with Crippen LogP contribution in [0, 0.1) is 0 Å². The Morgan fingerprint density at radius 1 is 1.33 bits per heavy atom. The summed E-state index contributed by atoms with van der Waals surface area (Å²) in [6.07, 6.45) is 1.86. The van der Waals surface area contributed by atoms with Crippen LogP contribution in [-0.2, 0) is 6.54 Å². The fourth-order valence-electron chi connectivity index (χ4n) is 2.12. The second-order valence-corrected chi connectivity index (χ2v) is 4.89. The summed E-state index contributed by atoms with van der Waals surface area (Å²) in [6, 6.07) is 8.65. The van der Waals surface area contributed by atoms with Crippen LogP contribution in [0.2, 0.25) is 0 Å². The molecule has 1 aromatic carbocycles. The lowest BCUT2D eigenvalue weighted by molar-refractivity contribution is 0.309. The van der Waals surface area contributed by atoms with E-state index >= 15 is 0 Å². The van der Waals surface area contributed by atoms with Gasteiger partial charge in [-0.25, -0.2) is 0 Å². The first-order valence-corrected chi connectivity index (χ1v) is 6.57. The van der Waals surface area contributed by atoms with E-state index in [0.29, 0.717) is 6.04 Å². The maximum absolute atomic E-state index is 5.53. The Balaban J connectivity index is 1.94. The highest BCUT2D eigenvalue weighted by molar-refractivity contribution is 5.80. The van der Waals surface area contributed by atoms with Crippen LogP contribution in [0.15, 0.2) is 34.9 Å². The van der Waals surface area contributed by atoms with E-state index in [1.807, 2.05) is 18.4 Å². The van der Waals surface area contributed by atoms with Crippen LogP contribution in [0.25, 0.3) is 11.0 Å². The van der Waals surface area contributed by atoms with Crippen molar-refractivity contribution in [1.29, 1.82) is 0 Å². The average molecular weight is 246 g/mol. The molecule has 0 aliphatic heterocycles. The van der Waals surface area contributed by atoms with Crippen LogP contribution in [0.3, 0.4) is 0 Å². The van der Waals surface area contributed by atoms with Crippen molar-refractivity contribution in [2.45, 2.75) is 26.4 Å². The van der Waals surface area contributed by atoms with Crippen LogP contribution in [0.5, 0.6) is 0 Å². The van der Waals surface area contributed by atoms with Crippen LogP contribution in [0.4, 0.5) is 0 Å². The number of fused-ring (bicyclic) bond motifs is 1. The first-order chi connectivity index (χ1) is 8.70. The molecule has 1 aromatic heterocycles. The molecule has 0 aliphatic carbocycles. The Bertz CT molecular complexity index is 492. The van der Waals surface area contributed by atoms with E-state index in [1.54, 1.807) is 0 Å². The van der Waals surface area contributed by atoms with E-state index in [1.165, 1.54) is 10.9 Å². The highest BCUT2D eigenvalue weighted by Crippen LogP contribution is 2.20. The summed E-state index contributed by atoms with van der Waals surface area (Å²) < 4.78 is 5.53. The van der Waals surface area contributed by atoms with E-state index in [0.717, 1.165) is 25.2 Å². The summed E-state index contributed by atoms with van der Waals surface area (Å²) in [5.74, 6) is 0. The molecule has 0 saturated heterocycles. The average Bonchev–Trinajstić information content (AvgIpc) is 2.79. The molecule has 0 radical (unpaired) electrons. The van der Waals surface area contributed by atoms with Crippen molar-refractivity contribution >= 4 is 11.0 Å². The van der Waals surface area contributed by atoms with Gasteiger partial charge in [-0.2, -0.15) is 0 Å².